The van der Waals surface area contributed by atoms with Crippen molar-refractivity contribution in [2.24, 2.45) is 0 Å². The van der Waals surface area contributed by atoms with Gasteiger partial charge in [0.25, 0.3) is 0 Å². The van der Waals surface area contributed by atoms with Crippen molar-refractivity contribution in [3.8, 4) is 0 Å². The van der Waals surface area contributed by atoms with Crippen LogP contribution in [0.4, 0.5) is 0 Å². The Kier molecular flexibility index (Phi) is 11.3. The predicted molar refractivity (Wildman–Crippen MR) is 71.9 cm³/mol. The molecule has 0 aliphatic rings. The van der Waals surface area contributed by atoms with Crippen molar-refractivity contribution < 1.29 is 4.74 Å². The molecule has 0 fully saturated rings. The van der Waals surface area contributed by atoms with Crippen molar-refractivity contribution in [3.05, 3.63) is 0 Å². The van der Waals surface area contributed by atoms with Crippen LogP contribution in [0, 0.1) is 0 Å². The lowest BCUT2D eigenvalue weighted by atomic mass is 10.1. The molecule has 2 atom stereocenters. The topological polar surface area (TPSA) is 21.3 Å². The molecule has 0 aliphatic heterocycles. The molecule has 0 bridgehead atoms. The Hall–Kier alpha value is -0.0800. The van der Waals surface area contributed by atoms with Gasteiger partial charge in [0.05, 0.1) is 12.2 Å². The summed E-state index contributed by atoms with van der Waals surface area (Å²) in [6.07, 6.45) is 8.49. The molecule has 0 amide bonds. The van der Waals surface area contributed by atoms with Crippen LogP contribution in [0.25, 0.3) is 0 Å². The summed E-state index contributed by atoms with van der Waals surface area (Å²) in [6.45, 7) is 10.9. The molecule has 0 saturated carbocycles. The molecule has 2 heteroatoms. The minimum Gasteiger partial charge on any atom is -0.374 e. The quantitative estimate of drug-likeness (QED) is 0.545. The molecule has 98 valence electrons. The summed E-state index contributed by atoms with van der Waals surface area (Å²) in [5.41, 5.74) is 0. The summed E-state index contributed by atoms with van der Waals surface area (Å²) in [6, 6.07) is 0. The molecule has 0 aromatic heterocycles. The smallest absolute Gasteiger partial charge is 0.0674 e. The van der Waals surface area contributed by atoms with Crippen LogP contribution >= 0.6 is 0 Å². The second kappa shape index (κ2) is 11.4. The Morgan fingerprint density at radius 1 is 0.938 bits per heavy atom. The fourth-order valence-electron chi connectivity index (χ4n) is 1.85. The zero-order chi connectivity index (χ0) is 12.2. The standard InChI is InChI=1S/C14H31NO/c1-5-7-8-9-10-13(3)16-14(4)12-15-11-6-2/h13-15H,5-12H2,1-4H3. The normalized spacial score (nSPS) is 15.0. The fourth-order valence-corrected chi connectivity index (χ4v) is 1.85. The fraction of sp³-hybridized carbons (Fsp3) is 1.00. The van der Waals surface area contributed by atoms with Crippen LogP contribution in [0.1, 0.15) is 66.2 Å². The minimum atomic E-state index is 0.340. The molecule has 2 unspecified atom stereocenters. The van der Waals surface area contributed by atoms with Gasteiger partial charge >= 0.3 is 0 Å². The predicted octanol–water partition coefficient (Wildman–Crippen LogP) is 3.75. The van der Waals surface area contributed by atoms with Gasteiger partial charge in [-0.1, -0.05) is 39.5 Å². The number of rotatable bonds is 11. The molecule has 1 N–H and O–H groups in total. The maximum absolute atomic E-state index is 5.91. The SMILES string of the molecule is CCCCCCC(C)OC(C)CNCCC. The van der Waals surface area contributed by atoms with E-state index in [0.29, 0.717) is 12.2 Å². The molecule has 0 radical (unpaired) electrons. The molecule has 0 rings (SSSR count). The van der Waals surface area contributed by atoms with Crippen molar-refractivity contribution in [1.29, 1.82) is 0 Å². The first-order valence-electron chi connectivity index (χ1n) is 7.06. The first-order chi connectivity index (χ1) is 7.70. The number of nitrogens with one attached hydrogen (secondary N) is 1. The van der Waals surface area contributed by atoms with Crippen LogP contribution in [0.15, 0.2) is 0 Å². The van der Waals surface area contributed by atoms with Gasteiger partial charge in [0.2, 0.25) is 0 Å². The Balaban J connectivity index is 3.35. The summed E-state index contributed by atoms with van der Waals surface area (Å²) < 4.78 is 5.91. The average Bonchev–Trinajstić information content (AvgIpc) is 2.25. The van der Waals surface area contributed by atoms with E-state index in [-0.39, 0.29) is 0 Å². The van der Waals surface area contributed by atoms with Crippen LogP contribution < -0.4 is 5.32 Å². The Bertz CT molecular complexity index is 139. The monoisotopic (exact) mass is 229 g/mol. The minimum absolute atomic E-state index is 0.340. The van der Waals surface area contributed by atoms with E-state index in [4.69, 9.17) is 4.74 Å². The number of ether oxygens (including phenoxy) is 1. The van der Waals surface area contributed by atoms with Crippen molar-refractivity contribution in [2.75, 3.05) is 13.1 Å². The highest BCUT2D eigenvalue weighted by Gasteiger charge is 2.07. The second-order valence-corrected chi connectivity index (χ2v) is 4.81. The lowest BCUT2D eigenvalue weighted by molar-refractivity contribution is 0.00381. The molecule has 0 aliphatic carbocycles. The van der Waals surface area contributed by atoms with Gasteiger partial charge in [-0.25, -0.2) is 0 Å². The van der Waals surface area contributed by atoms with Gasteiger partial charge in [-0.15, -0.1) is 0 Å². The van der Waals surface area contributed by atoms with Crippen molar-refractivity contribution in [3.63, 3.8) is 0 Å². The maximum Gasteiger partial charge on any atom is 0.0674 e. The first kappa shape index (κ1) is 15.9. The van der Waals surface area contributed by atoms with Gasteiger partial charge in [-0.05, 0) is 33.2 Å². The van der Waals surface area contributed by atoms with Crippen LogP contribution in [0.2, 0.25) is 0 Å². The molecule has 16 heavy (non-hydrogen) atoms. The molecule has 0 aromatic rings. The van der Waals surface area contributed by atoms with E-state index in [2.05, 4.69) is 33.0 Å². The van der Waals surface area contributed by atoms with E-state index in [1.807, 2.05) is 0 Å². The molecule has 0 heterocycles. The summed E-state index contributed by atoms with van der Waals surface area (Å²) in [5, 5.41) is 3.39. The van der Waals surface area contributed by atoms with Crippen molar-refractivity contribution in [2.45, 2.75) is 78.4 Å². The van der Waals surface area contributed by atoms with Gasteiger partial charge in [-0.2, -0.15) is 0 Å². The van der Waals surface area contributed by atoms with Gasteiger partial charge in [0.15, 0.2) is 0 Å². The highest BCUT2D eigenvalue weighted by Crippen LogP contribution is 2.09. The van der Waals surface area contributed by atoms with E-state index in [1.165, 1.54) is 38.5 Å². The van der Waals surface area contributed by atoms with Crippen LogP contribution in [-0.2, 0) is 4.74 Å². The lowest BCUT2D eigenvalue weighted by Gasteiger charge is -2.19. The van der Waals surface area contributed by atoms with E-state index >= 15 is 0 Å². The Morgan fingerprint density at radius 3 is 2.31 bits per heavy atom. The van der Waals surface area contributed by atoms with Crippen molar-refractivity contribution in [1.82, 2.24) is 5.32 Å². The van der Waals surface area contributed by atoms with E-state index in [1.54, 1.807) is 0 Å². The van der Waals surface area contributed by atoms with E-state index in [0.717, 1.165) is 13.1 Å². The Labute approximate surface area is 102 Å². The molecule has 0 saturated heterocycles. The van der Waals surface area contributed by atoms with E-state index in [9.17, 15) is 0 Å². The van der Waals surface area contributed by atoms with Gasteiger partial charge in [0.1, 0.15) is 0 Å². The largest absolute Gasteiger partial charge is 0.374 e. The third kappa shape index (κ3) is 10.4. The highest BCUT2D eigenvalue weighted by molar-refractivity contribution is 4.59. The van der Waals surface area contributed by atoms with Gasteiger partial charge in [0, 0.05) is 6.54 Å². The van der Waals surface area contributed by atoms with E-state index < -0.39 is 0 Å². The molecule has 0 spiro atoms. The van der Waals surface area contributed by atoms with Crippen molar-refractivity contribution >= 4 is 0 Å². The average molecular weight is 229 g/mol. The summed E-state index contributed by atoms with van der Waals surface area (Å²) >= 11 is 0. The summed E-state index contributed by atoms with van der Waals surface area (Å²) in [4.78, 5) is 0. The molecular weight excluding hydrogens is 198 g/mol. The van der Waals surface area contributed by atoms with Crippen LogP contribution in [0.3, 0.4) is 0 Å². The van der Waals surface area contributed by atoms with Crippen LogP contribution in [-0.4, -0.2) is 25.3 Å². The third-order valence-corrected chi connectivity index (χ3v) is 2.79. The molecule has 2 nitrogen and oxygen atoms in total. The Morgan fingerprint density at radius 2 is 1.69 bits per heavy atom. The third-order valence-electron chi connectivity index (χ3n) is 2.79. The number of unbranched alkanes of at least 4 members (excludes halogenated alkanes) is 3. The summed E-state index contributed by atoms with van der Waals surface area (Å²) in [7, 11) is 0. The molecule has 0 aromatic carbocycles. The van der Waals surface area contributed by atoms with Gasteiger partial charge < -0.3 is 10.1 Å². The zero-order valence-electron chi connectivity index (χ0n) is 11.7. The summed E-state index contributed by atoms with van der Waals surface area (Å²) in [5.74, 6) is 0. The zero-order valence-corrected chi connectivity index (χ0v) is 11.7. The number of hydrogen-bond donors (Lipinski definition) is 1. The van der Waals surface area contributed by atoms with Crippen LogP contribution in [0.5, 0.6) is 0 Å². The number of hydrogen-bond acceptors (Lipinski definition) is 2. The van der Waals surface area contributed by atoms with Gasteiger partial charge in [-0.3, -0.25) is 0 Å². The maximum atomic E-state index is 5.91. The second-order valence-electron chi connectivity index (χ2n) is 4.81. The molecular formula is C14H31NO. The lowest BCUT2D eigenvalue weighted by Crippen LogP contribution is -2.30. The first-order valence-corrected chi connectivity index (χ1v) is 7.06. The highest BCUT2D eigenvalue weighted by atomic mass is 16.5.